The van der Waals surface area contributed by atoms with Gasteiger partial charge in [0.05, 0.1) is 7.11 Å². The van der Waals surface area contributed by atoms with Gasteiger partial charge in [0.1, 0.15) is 12.7 Å². The number of nitrogens with zero attached hydrogens (tertiary/aromatic N) is 1. The average Bonchev–Trinajstić information content (AvgIpc) is 2.95. The highest BCUT2D eigenvalue weighted by molar-refractivity contribution is 5.94. The Morgan fingerprint density at radius 2 is 1.47 bits per heavy atom. The maximum Gasteiger partial charge on any atom is 0.303 e. The van der Waals surface area contributed by atoms with Gasteiger partial charge in [0, 0.05) is 46.3 Å². The van der Waals surface area contributed by atoms with Gasteiger partial charge in [-0.25, -0.2) is 0 Å². The minimum Gasteiger partial charge on any atom is -0.493 e. The highest BCUT2D eigenvalue weighted by Gasteiger charge is 2.53. The van der Waals surface area contributed by atoms with Crippen LogP contribution in [0.3, 0.4) is 0 Å². The molecule has 0 aromatic heterocycles. The molecule has 3 rings (SSSR count). The van der Waals surface area contributed by atoms with Crippen molar-refractivity contribution in [3.8, 4) is 11.5 Å². The van der Waals surface area contributed by atoms with Crippen LogP contribution < -0.4 is 14.8 Å². The van der Waals surface area contributed by atoms with Crippen molar-refractivity contribution in [3.05, 3.63) is 23.8 Å². The van der Waals surface area contributed by atoms with E-state index in [9.17, 15) is 24.0 Å². The van der Waals surface area contributed by atoms with E-state index in [1.54, 1.807) is 0 Å². The van der Waals surface area contributed by atoms with E-state index in [0.29, 0.717) is 12.1 Å². The Kier molecular flexibility index (Phi) is 12.6. The third-order valence-corrected chi connectivity index (χ3v) is 6.78. The van der Waals surface area contributed by atoms with Crippen LogP contribution in [0.2, 0.25) is 0 Å². The summed E-state index contributed by atoms with van der Waals surface area (Å²) < 4.78 is 38.8. The van der Waals surface area contributed by atoms with Crippen LogP contribution in [-0.2, 0) is 42.9 Å². The van der Waals surface area contributed by atoms with E-state index in [2.05, 4.69) is 10.2 Å². The maximum absolute atomic E-state index is 12.8. The molecule has 2 saturated heterocycles. The SMILES string of the molecule is COc1cc(C(=O)NCCN2CCCCC2)ccc1O[C@@H]1O[C@@H](COC(C)=O)[C@H](OC(C)=O)[C@@H](OC(C)=O)[C@@H]1OC(C)=O. The Balaban J connectivity index is 1.84. The van der Waals surface area contributed by atoms with E-state index in [1.165, 1.54) is 38.7 Å². The van der Waals surface area contributed by atoms with Gasteiger partial charge < -0.3 is 43.4 Å². The average molecular weight is 609 g/mol. The number of benzene rings is 1. The lowest BCUT2D eigenvalue weighted by Gasteiger charge is -2.44. The molecule has 14 heteroatoms. The van der Waals surface area contributed by atoms with Crippen LogP contribution in [0.25, 0.3) is 0 Å². The molecular weight excluding hydrogens is 568 g/mol. The standard InChI is InChI=1S/C29H40N2O12/c1-17(32)38-16-24-25(39-18(2)33)26(40-19(3)34)27(41-20(4)35)29(43-24)42-22-10-9-21(15-23(22)37-5)28(36)30-11-14-31-12-7-6-8-13-31/h9-10,15,24-27,29H,6-8,11-14,16H2,1-5H3,(H,30,36)/t24-,25-,26+,27-,29+/m0/s1. The molecule has 0 bridgehead atoms. The summed E-state index contributed by atoms with van der Waals surface area (Å²) >= 11 is 0. The molecule has 1 amide bonds. The second-order valence-corrected chi connectivity index (χ2v) is 10.2. The summed E-state index contributed by atoms with van der Waals surface area (Å²) in [4.78, 5) is 62.7. The molecule has 238 valence electrons. The summed E-state index contributed by atoms with van der Waals surface area (Å²) in [6.07, 6.45) is -3.19. The topological polar surface area (TPSA) is 165 Å². The summed E-state index contributed by atoms with van der Waals surface area (Å²) in [5, 5.41) is 2.91. The molecule has 2 heterocycles. The first-order chi connectivity index (χ1) is 20.5. The molecule has 14 nitrogen and oxygen atoms in total. The summed E-state index contributed by atoms with van der Waals surface area (Å²) in [6.45, 7) is 7.47. The van der Waals surface area contributed by atoms with Crippen molar-refractivity contribution in [1.29, 1.82) is 0 Å². The van der Waals surface area contributed by atoms with Crippen molar-refractivity contribution in [2.24, 2.45) is 0 Å². The van der Waals surface area contributed by atoms with E-state index in [0.717, 1.165) is 53.2 Å². The number of hydrogen-bond donors (Lipinski definition) is 1. The summed E-state index contributed by atoms with van der Waals surface area (Å²) in [5.74, 6) is -2.94. The molecule has 0 saturated carbocycles. The normalized spacial score (nSPS) is 23.8. The van der Waals surface area contributed by atoms with Gasteiger partial charge in [0.15, 0.2) is 23.7 Å². The van der Waals surface area contributed by atoms with E-state index in [4.69, 9.17) is 33.2 Å². The molecule has 2 aliphatic heterocycles. The number of rotatable bonds is 12. The van der Waals surface area contributed by atoms with Crippen molar-refractivity contribution in [1.82, 2.24) is 10.2 Å². The molecule has 43 heavy (non-hydrogen) atoms. The molecule has 0 radical (unpaired) electrons. The molecule has 1 aromatic carbocycles. The van der Waals surface area contributed by atoms with Gasteiger partial charge in [-0.2, -0.15) is 0 Å². The Labute approximate surface area is 250 Å². The number of esters is 4. The minimum atomic E-state index is -1.45. The molecule has 2 aliphatic rings. The van der Waals surface area contributed by atoms with Crippen molar-refractivity contribution >= 4 is 29.8 Å². The molecule has 0 aliphatic carbocycles. The Hall–Kier alpha value is -3.91. The van der Waals surface area contributed by atoms with Gasteiger partial charge >= 0.3 is 23.9 Å². The van der Waals surface area contributed by atoms with Gasteiger partial charge in [0.2, 0.25) is 12.4 Å². The molecular formula is C29H40N2O12. The van der Waals surface area contributed by atoms with Crippen LogP contribution in [0.1, 0.15) is 57.3 Å². The molecule has 1 aromatic rings. The van der Waals surface area contributed by atoms with Gasteiger partial charge in [-0.05, 0) is 44.1 Å². The van der Waals surface area contributed by atoms with Crippen LogP contribution >= 0.6 is 0 Å². The predicted octanol–water partition coefficient (Wildman–Crippen LogP) is 1.37. The first-order valence-corrected chi connectivity index (χ1v) is 14.1. The number of nitrogens with one attached hydrogen (secondary N) is 1. The zero-order valence-electron chi connectivity index (χ0n) is 25.1. The predicted molar refractivity (Wildman–Crippen MR) is 148 cm³/mol. The van der Waals surface area contributed by atoms with Crippen molar-refractivity contribution < 1.29 is 57.1 Å². The fraction of sp³-hybridized carbons (Fsp3) is 0.621. The van der Waals surface area contributed by atoms with Crippen molar-refractivity contribution in [2.45, 2.75) is 77.7 Å². The van der Waals surface area contributed by atoms with Crippen LogP contribution in [0, 0.1) is 0 Å². The van der Waals surface area contributed by atoms with Crippen LogP contribution in [0.4, 0.5) is 0 Å². The minimum absolute atomic E-state index is 0.105. The Morgan fingerprint density at radius 1 is 0.837 bits per heavy atom. The van der Waals surface area contributed by atoms with Crippen LogP contribution in [0.15, 0.2) is 18.2 Å². The number of piperidine rings is 1. The van der Waals surface area contributed by atoms with E-state index in [1.807, 2.05) is 0 Å². The third-order valence-electron chi connectivity index (χ3n) is 6.78. The maximum atomic E-state index is 12.8. The van der Waals surface area contributed by atoms with Crippen LogP contribution in [0.5, 0.6) is 11.5 Å². The van der Waals surface area contributed by atoms with Gasteiger partial charge in [-0.15, -0.1) is 0 Å². The van der Waals surface area contributed by atoms with E-state index in [-0.39, 0.29) is 17.4 Å². The summed E-state index contributed by atoms with van der Waals surface area (Å²) in [5.41, 5.74) is 0.324. The third kappa shape index (κ3) is 10.1. The largest absolute Gasteiger partial charge is 0.493 e. The fourth-order valence-electron chi connectivity index (χ4n) is 4.93. The number of amides is 1. The summed E-state index contributed by atoms with van der Waals surface area (Å²) in [6, 6.07) is 4.49. The zero-order chi connectivity index (χ0) is 31.5. The monoisotopic (exact) mass is 608 g/mol. The Morgan fingerprint density at radius 3 is 2.07 bits per heavy atom. The first kappa shape index (κ1) is 33.6. The van der Waals surface area contributed by atoms with Gasteiger partial charge in [-0.3, -0.25) is 24.0 Å². The first-order valence-electron chi connectivity index (χ1n) is 14.1. The quantitative estimate of drug-likeness (QED) is 0.267. The van der Waals surface area contributed by atoms with Crippen molar-refractivity contribution in [3.63, 3.8) is 0 Å². The van der Waals surface area contributed by atoms with Gasteiger partial charge in [0.25, 0.3) is 5.91 Å². The number of carbonyl (C=O) groups is 5. The molecule has 5 atom stereocenters. The number of hydrogen-bond acceptors (Lipinski definition) is 13. The highest BCUT2D eigenvalue weighted by Crippen LogP contribution is 2.35. The number of likely N-dealkylation sites (tertiary alicyclic amines) is 1. The molecule has 0 unspecified atom stereocenters. The second-order valence-electron chi connectivity index (χ2n) is 10.2. The number of methoxy groups -OCH3 is 1. The lowest BCUT2D eigenvalue weighted by Crippen LogP contribution is -2.63. The fourth-order valence-corrected chi connectivity index (χ4v) is 4.93. The molecule has 1 N–H and O–H groups in total. The smallest absolute Gasteiger partial charge is 0.303 e. The summed E-state index contributed by atoms with van der Waals surface area (Å²) in [7, 11) is 1.38. The van der Waals surface area contributed by atoms with Crippen LogP contribution in [-0.4, -0.2) is 105 Å². The molecule has 0 spiro atoms. The zero-order valence-corrected chi connectivity index (χ0v) is 25.1. The Bertz CT molecular complexity index is 1150. The van der Waals surface area contributed by atoms with E-state index < -0.39 is 61.2 Å². The number of carbonyl (C=O) groups excluding carboxylic acids is 5. The number of ether oxygens (including phenoxy) is 7. The second kappa shape index (κ2) is 16.1. The lowest BCUT2D eigenvalue weighted by molar-refractivity contribution is -0.288. The van der Waals surface area contributed by atoms with E-state index >= 15 is 0 Å². The van der Waals surface area contributed by atoms with Gasteiger partial charge in [-0.1, -0.05) is 6.42 Å². The van der Waals surface area contributed by atoms with Crippen molar-refractivity contribution in [2.75, 3.05) is 39.9 Å². The molecule has 2 fully saturated rings. The highest BCUT2D eigenvalue weighted by atomic mass is 16.7. The lowest BCUT2D eigenvalue weighted by atomic mass is 9.98.